The number of aryl methyl sites for hydroxylation is 1. The number of benzene rings is 1. The molecule has 0 bridgehead atoms. The Bertz CT molecular complexity index is 774. The van der Waals surface area contributed by atoms with Gasteiger partial charge in [-0.2, -0.15) is 0 Å². The molecule has 1 aromatic heterocycles. The predicted octanol–water partition coefficient (Wildman–Crippen LogP) is 4.01. The maximum atomic E-state index is 11.8. The van der Waals surface area contributed by atoms with Gasteiger partial charge in [-0.05, 0) is 32.9 Å². The fourth-order valence-electron chi connectivity index (χ4n) is 2.24. The summed E-state index contributed by atoms with van der Waals surface area (Å²) in [5, 5.41) is 10.6. The first-order valence-corrected chi connectivity index (χ1v) is 8.90. The third kappa shape index (κ3) is 5.61. The van der Waals surface area contributed by atoms with Gasteiger partial charge in [0, 0.05) is 35.5 Å². The molecule has 2 rings (SSSR count). The van der Waals surface area contributed by atoms with Gasteiger partial charge in [0.15, 0.2) is 0 Å². The summed E-state index contributed by atoms with van der Waals surface area (Å²) in [6.45, 7) is 8.72. The predicted molar refractivity (Wildman–Crippen MR) is 104 cm³/mol. The number of anilines is 1. The van der Waals surface area contributed by atoms with Crippen LogP contribution in [0, 0.1) is 0 Å². The van der Waals surface area contributed by atoms with Crippen LogP contribution in [0.4, 0.5) is 10.6 Å². The Hall–Kier alpha value is -1.79. The summed E-state index contributed by atoms with van der Waals surface area (Å²) in [4.78, 5) is 20.7. The highest BCUT2D eigenvalue weighted by Gasteiger charge is 2.13. The standard InChI is InChI=1S/C17H23Cl2N5O/c1-5-13-22-14-11(8-10(18)9-12(14)19)15(23-13)20-6-7-21-16(25)24-17(2,3)4/h8-9H,5-7H2,1-4H3,(H,20,22,23)(H2,21,24,25). The normalized spacial score (nSPS) is 11.4. The van der Waals surface area contributed by atoms with Crippen molar-refractivity contribution in [2.24, 2.45) is 0 Å². The summed E-state index contributed by atoms with van der Waals surface area (Å²) in [5.74, 6) is 1.35. The number of urea groups is 1. The van der Waals surface area contributed by atoms with Crippen LogP contribution in [0.2, 0.25) is 10.0 Å². The van der Waals surface area contributed by atoms with Crippen molar-refractivity contribution in [1.29, 1.82) is 0 Å². The number of halogens is 2. The van der Waals surface area contributed by atoms with Crippen LogP contribution in [-0.4, -0.2) is 34.6 Å². The number of aromatic nitrogens is 2. The maximum Gasteiger partial charge on any atom is 0.315 e. The Labute approximate surface area is 157 Å². The van der Waals surface area contributed by atoms with E-state index in [0.717, 1.165) is 5.39 Å². The van der Waals surface area contributed by atoms with Crippen molar-refractivity contribution in [3.63, 3.8) is 0 Å². The van der Waals surface area contributed by atoms with Crippen LogP contribution in [0.15, 0.2) is 12.1 Å². The highest BCUT2D eigenvalue weighted by molar-refractivity contribution is 6.38. The van der Waals surface area contributed by atoms with Gasteiger partial charge in [0.2, 0.25) is 0 Å². The van der Waals surface area contributed by atoms with E-state index in [-0.39, 0.29) is 11.6 Å². The minimum atomic E-state index is -0.274. The van der Waals surface area contributed by atoms with Crippen LogP contribution in [0.1, 0.15) is 33.5 Å². The molecule has 0 spiro atoms. The molecular weight excluding hydrogens is 361 g/mol. The number of carbonyl (C=O) groups excluding carboxylic acids is 1. The Balaban J connectivity index is 2.09. The van der Waals surface area contributed by atoms with Crippen molar-refractivity contribution in [3.8, 4) is 0 Å². The number of amides is 2. The van der Waals surface area contributed by atoms with Crippen molar-refractivity contribution in [2.45, 2.75) is 39.7 Å². The van der Waals surface area contributed by atoms with Crippen molar-refractivity contribution < 1.29 is 4.79 Å². The van der Waals surface area contributed by atoms with Gasteiger partial charge in [-0.25, -0.2) is 14.8 Å². The lowest BCUT2D eigenvalue weighted by atomic mass is 10.1. The molecule has 0 fully saturated rings. The summed E-state index contributed by atoms with van der Waals surface area (Å²) in [7, 11) is 0. The van der Waals surface area contributed by atoms with Crippen LogP contribution in [0.25, 0.3) is 10.9 Å². The zero-order chi connectivity index (χ0) is 18.6. The molecule has 0 radical (unpaired) electrons. The van der Waals surface area contributed by atoms with E-state index in [1.807, 2.05) is 27.7 Å². The zero-order valence-electron chi connectivity index (χ0n) is 14.8. The van der Waals surface area contributed by atoms with E-state index in [9.17, 15) is 4.79 Å². The highest BCUT2D eigenvalue weighted by atomic mass is 35.5. The molecule has 8 heteroatoms. The second-order valence-electron chi connectivity index (χ2n) is 6.68. The van der Waals surface area contributed by atoms with Gasteiger partial charge in [0.1, 0.15) is 11.6 Å². The fraction of sp³-hybridized carbons (Fsp3) is 0.471. The Morgan fingerprint density at radius 2 is 1.88 bits per heavy atom. The molecule has 136 valence electrons. The lowest BCUT2D eigenvalue weighted by Gasteiger charge is -2.20. The Morgan fingerprint density at radius 1 is 1.16 bits per heavy atom. The molecule has 0 unspecified atom stereocenters. The Kier molecular flexibility index (Phi) is 6.30. The largest absolute Gasteiger partial charge is 0.368 e. The second kappa shape index (κ2) is 8.06. The van der Waals surface area contributed by atoms with Gasteiger partial charge in [-0.3, -0.25) is 0 Å². The van der Waals surface area contributed by atoms with E-state index >= 15 is 0 Å². The van der Waals surface area contributed by atoms with Crippen molar-refractivity contribution in [1.82, 2.24) is 20.6 Å². The minimum absolute atomic E-state index is 0.206. The number of nitrogens with zero attached hydrogens (tertiary/aromatic N) is 2. The summed E-state index contributed by atoms with van der Waals surface area (Å²) in [5.41, 5.74) is 0.392. The number of carbonyl (C=O) groups is 1. The smallest absolute Gasteiger partial charge is 0.315 e. The van der Waals surface area contributed by atoms with Crippen LogP contribution in [-0.2, 0) is 6.42 Å². The molecule has 25 heavy (non-hydrogen) atoms. The second-order valence-corrected chi connectivity index (χ2v) is 7.53. The van der Waals surface area contributed by atoms with Gasteiger partial charge >= 0.3 is 6.03 Å². The van der Waals surface area contributed by atoms with Gasteiger partial charge in [-0.15, -0.1) is 0 Å². The molecule has 0 atom stereocenters. The quantitative estimate of drug-likeness (QED) is 0.681. The van der Waals surface area contributed by atoms with E-state index in [1.54, 1.807) is 12.1 Å². The van der Waals surface area contributed by atoms with E-state index < -0.39 is 0 Å². The SMILES string of the molecule is CCc1nc(NCCNC(=O)NC(C)(C)C)c2cc(Cl)cc(Cl)c2n1. The first-order valence-electron chi connectivity index (χ1n) is 8.15. The van der Waals surface area contributed by atoms with Crippen molar-refractivity contribution >= 4 is 46.0 Å². The van der Waals surface area contributed by atoms with E-state index in [2.05, 4.69) is 25.9 Å². The molecule has 1 aromatic carbocycles. The van der Waals surface area contributed by atoms with Gasteiger partial charge in [0.05, 0.1) is 10.5 Å². The average Bonchev–Trinajstić information content (AvgIpc) is 2.49. The summed E-state index contributed by atoms with van der Waals surface area (Å²) in [6, 6.07) is 3.24. The number of hydrogen-bond acceptors (Lipinski definition) is 4. The average molecular weight is 384 g/mol. The lowest BCUT2D eigenvalue weighted by molar-refractivity contribution is 0.232. The monoisotopic (exact) mass is 383 g/mol. The molecule has 1 heterocycles. The topological polar surface area (TPSA) is 78.9 Å². The molecule has 0 aliphatic carbocycles. The minimum Gasteiger partial charge on any atom is -0.368 e. The van der Waals surface area contributed by atoms with Crippen molar-refractivity contribution in [3.05, 3.63) is 28.0 Å². The molecule has 0 aliphatic heterocycles. The third-order valence-corrected chi connectivity index (χ3v) is 3.78. The first-order chi connectivity index (χ1) is 11.7. The molecule has 2 amide bonds. The number of hydrogen-bond donors (Lipinski definition) is 3. The molecular formula is C17H23Cl2N5O. The van der Waals surface area contributed by atoms with Crippen LogP contribution in [0.3, 0.4) is 0 Å². The molecule has 2 aromatic rings. The van der Waals surface area contributed by atoms with Crippen LogP contribution in [0.5, 0.6) is 0 Å². The van der Waals surface area contributed by atoms with Crippen LogP contribution < -0.4 is 16.0 Å². The zero-order valence-corrected chi connectivity index (χ0v) is 16.3. The fourth-order valence-corrected chi connectivity index (χ4v) is 2.77. The van der Waals surface area contributed by atoms with Gasteiger partial charge < -0.3 is 16.0 Å². The van der Waals surface area contributed by atoms with Gasteiger partial charge in [-0.1, -0.05) is 30.1 Å². The van der Waals surface area contributed by atoms with E-state index in [0.29, 0.717) is 46.7 Å². The van der Waals surface area contributed by atoms with Crippen LogP contribution >= 0.6 is 23.2 Å². The highest BCUT2D eigenvalue weighted by Crippen LogP contribution is 2.30. The first kappa shape index (κ1) is 19.5. The van der Waals surface area contributed by atoms with E-state index in [1.165, 1.54) is 0 Å². The molecule has 0 saturated carbocycles. The van der Waals surface area contributed by atoms with E-state index in [4.69, 9.17) is 23.2 Å². The maximum absolute atomic E-state index is 11.8. The Morgan fingerprint density at radius 3 is 2.52 bits per heavy atom. The number of rotatable bonds is 5. The lowest BCUT2D eigenvalue weighted by Crippen LogP contribution is -2.47. The molecule has 0 aliphatic rings. The van der Waals surface area contributed by atoms with Crippen molar-refractivity contribution in [2.75, 3.05) is 18.4 Å². The molecule has 3 N–H and O–H groups in total. The molecule has 6 nitrogen and oxygen atoms in total. The molecule has 0 saturated heterocycles. The summed E-state index contributed by atoms with van der Waals surface area (Å²) < 4.78 is 0. The number of nitrogens with one attached hydrogen (secondary N) is 3. The number of fused-ring (bicyclic) bond motifs is 1. The summed E-state index contributed by atoms with van der Waals surface area (Å²) >= 11 is 12.4. The third-order valence-electron chi connectivity index (χ3n) is 3.27. The summed E-state index contributed by atoms with van der Waals surface area (Å²) in [6.07, 6.45) is 0.690. The van der Waals surface area contributed by atoms with Gasteiger partial charge in [0.25, 0.3) is 0 Å².